The molecule has 0 aliphatic heterocycles. The molecule has 0 aliphatic rings. The number of hydrogen-bond acceptors (Lipinski definition) is 1. The quantitative estimate of drug-likeness (QED) is 0.166. The van der Waals surface area contributed by atoms with E-state index in [4.69, 9.17) is 11.6 Å². The Balaban J connectivity index is 0.00000361. The molecule has 0 saturated heterocycles. The molecule has 1 aromatic heterocycles. The van der Waals surface area contributed by atoms with Crippen molar-refractivity contribution in [2.24, 2.45) is 7.05 Å². The average Bonchev–Trinajstić information content (AvgIpc) is 2.86. The van der Waals surface area contributed by atoms with Gasteiger partial charge < -0.3 is 28.9 Å². The minimum absolute atomic E-state index is 0. The number of nitrogens with zero attached hydrogens (tertiary/aromatic N) is 2. The minimum Gasteiger partial charge on any atom is -1.00 e. The normalized spacial score (nSPS) is 10.9. The van der Waals surface area contributed by atoms with Gasteiger partial charge in [0.15, 0.2) is 0 Å². The Labute approximate surface area is 253 Å². The zero-order valence-corrected chi connectivity index (χ0v) is 26.6. The van der Waals surface area contributed by atoms with Gasteiger partial charge in [-0.05, 0) is 79.6 Å². The van der Waals surface area contributed by atoms with E-state index in [9.17, 15) is 0 Å². The fourth-order valence-corrected chi connectivity index (χ4v) is 5.23. The van der Waals surface area contributed by atoms with E-state index in [0.29, 0.717) is 0 Å². The molecular formula is C30H28Br2ClIN2. The smallest absolute Gasteiger partial charge is 0.213 e. The van der Waals surface area contributed by atoms with Crippen LogP contribution in [0.1, 0.15) is 25.1 Å². The van der Waals surface area contributed by atoms with Gasteiger partial charge in [-0.25, -0.2) is 0 Å². The summed E-state index contributed by atoms with van der Waals surface area (Å²) < 4.78 is 4.25. The van der Waals surface area contributed by atoms with Crippen molar-refractivity contribution in [3.05, 3.63) is 104 Å². The summed E-state index contributed by atoms with van der Waals surface area (Å²) in [6.45, 7) is 6.38. The van der Waals surface area contributed by atoms with Gasteiger partial charge in [-0.1, -0.05) is 61.7 Å². The Bertz CT molecular complexity index is 1350. The molecule has 0 aliphatic carbocycles. The summed E-state index contributed by atoms with van der Waals surface area (Å²) in [6.07, 6.45) is 4.34. The van der Waals surface area contributed by atoms with Crippen LogP contribution in [0.15, 0.2) is 87.8 Å². The van der Waals surface area contributed by atoms with Crippen molar-refractivity contribution >= 4 is 61.3 Å². The molecule has 0 radical (unpaired) electrons. The molecule has 4 rings (SSSR count). The lowest BCUT2D eigenvalue weighted by atomic mass is 10.0. The van der Waals surface area contributed by atoms with Crippen molar-refractivity contribution in [1.29, 1.82) is 0 Å². The predicted molar refractivity (Wildman–Crippen MR) is 158 cm³/mol. The zero-order chi connectivity index (χ0) is 24.9. The van der Waals surface area contributed by atoms with Crippen LogP contribution in [0, 0.1) is 0 Å². The standard InChI is InChI=1S/C30H28Br2ClN2.HI/c1-4-35(5-2)26-14-6-21(7-15-26)8-16-27-18-23(28-17-13-25(32)20-29(28)33)19-30(34(27)3)22-9-11-24(31)12-10-22;/h6-20H,4-5H2,1-3H3;1H/q+1;/p-1. The van der Waals surface area contributed by atoms with Crippen LogP contribution in [-0.2, 0) is 7.05 Å². The Morgan fingerprint density at radius 2 is 1.42 bits per heavy atom. The largest absolute Gasteiger partial charge is 1.00 e. The lowest BCUT2D eigenvalue weighted by Gasteiger charge is -2.20. The number of hydrogen-bond donors (Lipinski definition) is 0. The molecule has 2 nitrogen and oxygen atoms in total. The Morgan fingerprint density at radius 1 is 0.778 bits per heavy atom. The molecule has 1 heterocycles. The van der Waals surface area contributed by atoms with E-state index in [2.05, 4.69) is 141 Å². The van der Waals surface area contributed by atoms with Gasteiger partial charge >= 0.3 is 0 Å². The summed E-state index contributed by atoms with van der Waals surface area (Å²) in [5.74, 6) is 0. The summed E-state index contributed by atoms with van der Waals surface area (Å²) in [6, 6.07) is 27.6. The van der Waals surface area contributed by atoms with Crippen LogP contribution in [0.4, 0.5) is 5.69 Å². The summed E-state index contributed by atoms with van der Waals surface area (Å²) >= 11 is 13.7. The van der Waals surface area contributed by atoms with Gasteiger partial charge in [-0.2, -0.15) is 4.57 Å². The molecule has 36 heavy (non-hydrogen) atoms. The molecule has 0 N–H and O–H groups in total. The third-order valence-electron chi connectivity index (χ3n) is 6.19. The van der Waals surface area contributed by atoms with E-state index in [1.807, 2.05) is 12.1 Å². The molecule has 4 aromatic rings. The average molecular weight is 739 g/mol. The van der Waals surface area contributed by atoms with Gasteiger partial charge in [0, 0.05) is 62.1 Å². The molecule has 0 fully saturated rings. The fraction of sp³-hybridized carbons (Fsp3) is 0.167. The maximum atomic E-state index is 6.65. The highest BCUT2D eigenvalue weighted by atomic mass is 127. The number of aromatic nitrogens is 1. The summed E-state index contributed by atoms with van der Waals surface area (Å²) in [4.78, 5) is 2.35. The maximum absolute atomic E-state index is 6.65. The highest BCUT2D eigenvalue weighted by molar-refractivity contribution is 9.10. The predicted octanol–water partition coefficient (Wildman–Crippen LogP) is 6.04. The molecule has 0 unspecified atom stereocenters. The topological polar surface area (TPSA) is 7.12 Å². The number of halogens is 4. The second-order valence-corrected chi connectivity index (χ2v) is 10.6. The second-order valence-electron chi connectivity index (χ2n) is 8.34. The first-order valence-corrected chi connectivity index (χ1v) is 13.6. The first kappa shape index (κ1) is 28.9. The van der Waals surface area contributed by atoms with Crippen molar-refractivity contribution in [3.8, 4) is 22.4 Å². The van der Waals surface area contributed by atoms with Crippen molar-refractivity contribution in [3.63, 3.8) is 0 Å². The van der Waals surface area contributed by atoms with Crippen LogP contribution in [0.25, 0.3) is 34.5 Å². The fourth-order valence-electron chi connectivity index (χ4n) is 4.18. The monoisotopic (exact) mass is 736 g/mol. The van der Waals surface area contributed by atoms with Crippen LogP contribution in [0.2, 0.25) is 5.02 Å². The van der Waals surface area contributed by atoms with E-state index in [1.165, 1.54) is 5.69 Å². The SMILES string of the molecule is CCN(CC)c1ccc(C=Cc2cc(-c3ccc(Br)cc3Cl)cc(-c3ccc(Br)cc3)[n+]2C)cc1.[I-]. The number of benzene rings is 3. The molecule has 0 spiro atoms. The third-order valence-corrected chi connectivity index (χ3v) is 7.53. The first-order chi connectivity index (χ1) is 16.9. The Morgan fingerprint density at radius 3 is 2.03 bits per heavy atom. The van der Waals surface area contributed by atoms with Crippen molar-refractivity contribution in [2.75, 3.05) is 18.0 Å². The molecule has 3 aromatic carbocycles. The zero-order valence-electron chi connectivity index (χ0n) is 20.5. The van der Waals surface area contributed by atoms with E-state index in [1.54, 1.807) is 0 Å². The molecule has 0 atom stereocenters. The highest BCUT2D eigenvalue weighted by Crippen LogP contribution is 2.33. The van der Waals surface area contributed by atoms with Crippen molar-refractivity contribution in [2.45, 2.75) is 13.8 Å². The lowest BCUT2D eigenvalue weighted by Crippen LogP contribution is -3.00. The molecule has 0 bridgehead atoms. The highest BCUT2D eigenvalue weighted by Gasteiger charge is 2.18. The van der Waals surface area contributed by atoms with Gasteiger partial charge in [-0.15, -0.1) is 0 Å². The van der Waals surface area contributed by atoms with Crippen LogP contribution in [-0.4, -0.2) is 13.1 Å². The molecule has 6 heteroatoms. The first-order valence-electron chi connectivity index (χ1n) is 11.7. The van der Waals surface area contributed by atoms with Crippen LogP contribution in [0.3, 0.4) is 0 Å². The number of anilines is 1. The molecule has 0 amide bonds. The second kappa shape index (κ2) is 13.2. The third kappa shape index (κ3) is 6.80. The van der Waals surface area contributed by atoms with Crippen LogP contribution < -0.4 is 33.4 Å². The van der Waals surface area contributed by atoms with Gasteiger partial charge in [0.25, 0.3) is 0 Å². The van der Waals surface area contributed by atoms with E-state index >= 15 is 0 Å². The molecule has 186 valence electrons. The number of rotatable bonds is 7. The van der Waals surface area contributed by atoms with Gasteiger partial charge in [0.1, 0.15) is 7.05 Å². The summed E-state index contributed by atoms with van der Waals surface area (Å²) in [7, 11) is 2.10. The van der Waals surface area contributed by atoms with E-state index in [0.717, 1.165) is 60.7 Å². The summed E-state index contributed by atoms with van der Waals surface area (Å²) in [5.41, 5.74) is 7.85. The molecule has 0 saturated carbocycles. The minimum atomic E-state index is 0. The van der Waals surface area contributed by atoms with E-state index in [-0.39, 0.29) is 24.0 Å². The Hall–Kier alpha value is -1.67. The Kier molecular flexibility index (Phi) is 10.6. The van der Waals surface area contributed by atoms with Crippen molar-refractivity contribution < 1.29 is 28.5 Å². The van der Waals surface area contributed by atoms with Gasteiger partial charge in [-0.3, -0.25) is 0 Å². The van der Waals surface area contributed by atoms with Crippen LogP contribution in [0.5, 0.6) is 0 Å². The maximum Gasteiger partial charge on any atom is 0.213 e. The van der Waals surface area contributed by atoms with Crippen LogP contribution >= 0.6 is 43.5 Å². The van der Waals surface area contributed by atoms with Gasteiger partial charge in [0.2, 0.25) is 11.4 Å². The van der Waals surface area contributed by atoms with Gasteiger partial charge in [0.05, 0.1) is 0 Å². The summed E-state index contributed by atoms with van der Waals surface area (Å²) in [5, 5.41) is 0.719. The lowest BCUT2D eigenvalue weighted by molar-refractivity contribution is -0.662. The molecular weight excluding hydrogens is 711 g/mol. The van der Waals surface area contributed by atoms with Crippen molar-refractivity contribution in [1.82, 2.24) is 0 Å². The van der Waals surface area contributed by atoms with E-state index < -0.39 is 0 Å². The number of pyridine rings is 1.